The van der Waals surface area contributed by atoms with E-state index in [2.05, 4.69) is 21.7 Å². The molecule has 1 amide bonds. The average Bonchev–Trinajstić information content (AvgIpc) is 2.31. The minimum atomic E-state index is -0.386. The monoisotopic (exact) mass is 268 g/mol. The number of anilines is 1. The van der Waals surface area contributed by atoms with Gasteiger partial charge in [-0.1, -0.05) is 17.5 Å². The summed E-state index contributed by atoms with van der Waals surface area (Å²) >= 11 is 5.87. The van der Waals surface area contributed by atoms with Crippen LogP contribution in [0.5, 0.6) is 0 Å². The lowest BCUT2D eigenvalue weighted by Gasteiger charge is -2.09. The van der Waals surface area contributed by atoms with Crippen LogP contribution in [0.2, 0.25) is 5.02 Å². The summed E-state index contributed by atoms with van der Waals surface area (Å²) in [6.07, 6.45) is 6.47. The molecule has 1 heterocycles. The molecule has 0 radical (unpaired) electrons. The summed E-state index contributed by atoms with van der Waals surface area (Å²) in [5.74, 6) is 2.19. The topological polar surface area (TPSA) is 76.0 Å². The molecule has 0 fully saturated rings. The van der Waals surface area contributed by atoms with Crippen molar-refractivity contribution in [1.29, 1.82) is 0 Å². The molecule has 18 heavy (non-hydrogen) atoms. The van der Waals surface area contributed by atoms with Crippen LogP contribution < -0.4 is 16.2 Å². The largest absolute Gasteiger partial charge is 0.377 e. The molecule has 1 rings (SSSR count). The quantitative estimate of drug-likeness (QED) is 0.586. The highest BCUT2D eigenvalue weighted by Gasteiger charge is 2.08. The predicted octanol–water partition coefficient (Wildman–Crippen LogP) is 0.0779. The zero-order valence-corrected chi connectivity index (χ0v) is 10.6. The number of carbonyl (C=O) groups excluding carboxylic acids is 1. The van der Waals surface area contributed by atoms with Gasteiger partial charge in [0.2, 0.25) is 5.91 Å². The second kappa shape index (κ2) is 6.67. The standard InChI is InChI=1S/C11H13ClN4O2/c1-3-6-16-11(18)10(9(12)7-15-16)14-5-4-13-8(2)17/h1,7,14H,4-6H2,2H3,(H,13,17). The number of hydrogen-bond donors (Lipinski definition) is 2. The van der Waals surface area contributed by atoms with Crippen LogP contribution in [-0.2, 0) is 11.3 Å². The lowest BCUT2D eigenvalue weighted by atomic mass is 10.4. The maximum absolute atomic E-state index is 11.9. The van der Waals surface area contributed by atoms with Gasteiger partial charge in [0, 0.05) is 20.0 Å². The molecule has 0 saturated carbocycles. The number of amides is 1. The highest BCUT2D eigenvalue weighted by Crippen LogP contribution is 2.14. The molecule has 0 saturated heterocycles. The number of carbonyl (C=O) groups is 1. The Morgan fingerprint density at radius 1 is 1.61 bits per heavy atom. The smallest absolute Gasteiger partial charge is 0.292 e. The van der Waals surface area contributed by atoms with Gasteiger partial charge in [-0.25, -0.2) is 4.68 Å². The average molecular weight is 269 g/mol. The Morgan fingerprint density at radius 3 is 2.94 bits per heavy atom. The summed E-state index contributed by atoms with van der Waals surface area (Å²) in [6, 6.07) is 0. The number of nitrogens with zero attached hydrogens (tertiary/aromatic N) is 2. The number of halogens is 1. The van der Waals surface area contributed by atoms with Gasteiger partial charge < -0.3 is 10.6 Å². The summed E-state index contributed by atoms with van der Waals surface area (Å²) in [7, 11) is 0. The van der Waals surface area contributed by atoms with Crippen LogP contribution in [0.3, 0.4) is 0 Å². The summed E-state index contributed by atoms with van der Waals surface area (Å²) in [5.41, 5.74) is -0.157. The fourth-order valence-corrected chi connectivity index (χ4v) is 1.45. The molecule has 0 aliphatic heterocycles. The number of nitrogens with one attached hydrogen (secondary N) is 2. The first-order chi connectivity index (χ1) is 8.56. The third-order valence-electron chi connectivity index (χ3n) is 2.04. The van der Waals surface area contributed by atoms with E-state index >= 15 is 0 Å². The van der Waals surface area contributed by atoms with Gasteiger partial charge in [-0.3, -0.25) is 9.59 Å². The van der Waals surface area contributed by atoms with Crippen molar-refractivity contribution < 1.29 is 4.79 Å². The highest BCUT2D eigenvalue weighted by molar-refractivity contribution is 6.32. The summed E-state index contributed by atoms with van der Waals surface area (Å²) in [6.45, 7) is 2.27. The Hall–Kier alpha value is -2.00. The molecular weight excluding hydrogens is 256 g/mol. The number of rotatable bonds is 5. The van der Waals surface area contributed by atoms with Gasteiger partial charge in [-0.15, -0.1) is 6.42 Å². The SMILES string of the molecule is C#CCn1ncc(Cl)c(NCCNC(C)=O)c1=O. The molecule has 1 aromatic rings. The van der Waals surface area contributed by atoms with Crippen molar-refractivity contribution in [2.24, 2.45) is 0 Å². The second-order valence-corrected chi connectivity index (χ2v) is 3.85. The van der Waals surface area contributed by atoms with Crippen LogP contribution in [0.1, 0.15) is 6.92 Å². The Balaban J connectivity index is 2.76. The van der Waals surface area contributed by atoms with Gasteiger partial charge in [-0.05, 0) is 0 Å². The number of aromatic nitrogens is 2. The van der Waals surface area contributed by atoms with Gasteiger partial charge in [0.25, 0.3) is 5.56 Å². The van der Waals surface area contributed by atoms with E-state index in [0.29, 0.717) is 13.1 Å². The van der Waals surface area contributed by atoms with Gasteiger partial charge in [0.15, 0.2) is 0 Å². The molecule has 0 unspecified atom stereocenters. The number of terminal acetylenes is 1. The normalized spacial score (nSPS) is 9.61. The Morgan fingerprint density at radius 2 is 2.33 bits per heavy atom. The highest BCUT2D eigenvalue weighted by atomic mass is 35.5. The lowest BCUT2D eigenvalue weighted by molar-refractivity contribution is -0.118. The molecule has 0 aliphatic rings. The molecule has 2 N–H and O–H groups in total. The minimum absolute atomic E-state index is 0.0797. The van der Waals surface area contributed by atoms with E-state index < -0.39 is 0 Å². The van der Waals surface area contributed by atoms with Crippen molar-refractivity contribution in [3.63, 3.8) is 0 Å². The van der Waals surface area contributed by atoms with Crippen LogP contribution in [-0.4, -0.2) is 28.8 Å². The van der Waals surface area contributed by atoms with E-state index in [0.717, 1.165) is 4.68 Å². The first kappa shape index (κ1) is 14.1. The van der Waals surface area contributed by atoms with Gasteiger partial charge >= 0.3 is 0 Å². The lowest BCUT2D eigenvalue weighted by Crippen LogP contribution is -2.30. The third-order valence-corrected chi connectivity index (χ3v) is 2.33. The molecule has 0 bridgehead atoms. The molecule has 0 aromatic carbocycles. The van der Waals surface area contributed by atoms with E-state index in [-0.39, 0.29) is 28.7 Å². The third kappa shape index (κ3) is 3.79. The van der Waals surface area contributed by atoms with Crippen LogP contribution in [0, 0.1) is 12.3 Å². The first-order valence-electron chi connectivity index (χ1n) is 5.23. The summed E-state index contributed by atoms with van der Waals surface area (Å²) in [4.78, 5) is 22.5. The van der Waals surface area contributed by atoms with Crippen LogP contribution >= 0.6 is 11.6 Å². The predicted molar refractivity (Wildman–Crippen MR) is 69.5 cm³/mol. The van der Waals surface area contributed by atoms with Gasteiger partial charge in [-0.2, -0.15) is 5.10 Å². The molecule has 0 aliphatic carbocycles. The van der Waals surface area contributed by atoms with Gasteiger partial charge in [0.1, 0.15) is 12.2 Å². The van der Waals surface area contributed by atoms with Crippen LogP contribution in [0.4, 0.5) is 5.69 Å². The Labute approximate surface area is 109 Å². The van der Waals surface area contributed by atoms with E-state index in [4.69, 9.17) is 18.0 Å². The summed E-state index contributed by atoms with van der Waals surface area (Å²) < 4.78 is 1.13. The molecule has 6 nitrogen and oxygen atoms in total. The van der Waals surface area contributed by atoms with Crippen molar-refractivity contribution in [2.75, 3.05) is 18.4 Å². The molecule has 1 aromatic heterocycles. The zero-order chi connectivity index (χ0) is 13.5. The molecule has 96 valence electrons. The van der Waals surface area contributed by atoms with E-state index in [9.17, 15) is 9.59 Å². The maximum atomic E-state index is 11.9. The van der Waals surface area contributed by atoms with Gasteiger partial charge in [0.05, 0.1) is 11.2 Å². The molecule has 7 heteroatoms. The molecule has 0 atom stereocenters. The molecular formula is C11H13ClN4O2. The summed E-state index contributed by atoms with van der Waals surface area (Å²) in [5, 5.41) is 9.46. The van der Waals surface area contributed by atoms with Crippen molar-refractivity contribution in [3.05, 3.63) is 21.6 Å². The Bertz CT molecular complexity index is 533. The number of hydrogen-bond acceptors (Lipinski definition) is 4. The second-order valence-electron chi connectivity index (χ2n) is 3.44. The van der Waals surface area contributed by atoms with E-state index in [1.807, 2.05) is 0 Å². The Kier molecular flexibility index (Phi) is 5.21. The van der Waals surface area contributed by atoms with Crippen molar-refractivity contribution in [3.8, 4) is 12.3 Å². The minimum Gasteiger partial charge on any atom is -0.377 e. The first-order valence-corrected chi connectivity index (χ1v) is 5.61. The zero-order valence-electron chi connectivity index (χ0n) is 9.86. The fourth-order valence-electron chi connectivity index (χ4n) is 1.25. The van der Waals surface area contributed by atoms with E-state index in [1.54, 1.807) is 0 Å². The van der Waals surface area contributed by atoms with Crippen LogP contribution in [0.25, 0.3) is 0 Å². The fraction of sp³-hybridized carbons (Fsp3) is 0.364. The maximum Gasteiger partial charge on any atom is 0.292 e. The van der Waals surface area contributed by atoms with Crippen molar-refractivity contribution in [2.45, 2.75) is 13.5 Å². The van der Waals surface area contributed by atoms with Crippen LogP contribution in [0.15, 0.2) is 11.0 Å². The molecule has 0 spiro atoms. The van der Waals surface area contributed by atoms with Crippen molar-refractivity contribution >= 4 is 23.2 Å². The van der Waals surface area contributed by atoms with E-state index in [1.165, 1.54) is 13.1 Å². The van der Waals surface area contributed by atoms with Crippen molar-refractivity contribution in [1.82, 2.24) is 15.1 Å².